The van der Waals surface area contributed by atoms with E-state index in [1.165, 1.54) is 16.8 Å². The molecule has 1 heterocycles. The van der Waals surface area contributed by atoms with Crippen molar-refractivity contribution in [2.45, 2.75) is 11.7 Å². The van der Waals surface area contributed by atoms with Gasteiger partial charge in [0, 0.05) is 11.6 Å². The summed E-state index contributed by atoms with van der Waals surface area (Å²) in [5.74, 6) is 5.71. The molecular formula is C18H17ClFN7OS. The number of nitrogens with zero attached hydrogens (tertiary/aromatic N) is 4. The predicted octanol–water partition coefficient (Wildman–Crippen LogP) is 2.64. The Morgan fingerprint density at radius 1 is 1.28 bits per heavy atom. The Labute approximate surface area is 175 Å². The summed E-state index contributed by atoms with van der Waals surface area (Å²) in [6.07, 6.45) is 1.57. The number of carbonyl (C=O) groups is 1. The van der Waals surface area contributed by atoms with E-state index in [1.807, 2.05) is 12.1 Å². The third kappa shape index (κ3) is 6.19. The van der Waals surface area contributed by atoms with Gasteiger partial charge in [-0.15, -0.1) is 10.2 Å². The molecule has 1 aromatic heterocycles. The number of benzene rings is 2. The lowest BCUT2D eigenvalue weighted by Gasteiger charge is -2.05. The molecule has 0 radical (unpaired) electrons. The summed E-state index contributed by atoms with van der Waals surface area (Å²) in [5.41, 5.74) is 4.29. The van der Waals surface area contributed by atoms with Gasteiger partial charge >= 0.3 is 0 Å². The van der Waals surface area contributed by atoms with Gasteiger partial charge in [-0.05, 0) is 35.4 Å². The van der Waals surface area contributed by atoms with Gasteiger partial charge in [0.2, 0.25) is 11.1 Å². The van der Waals surface area contributed by atoms with E-state index in [1.54, 1.807) is 30.5 Å². The van der Waals surface area contributed by atoms with Crippen molar-refractivity contribution in [1.82, 2.24) is 20.2 Å². The van der Waals surface area contributed by atoms with Crippen LogP contribution < -0.4 is 16.6 Å². The van der Waals surface area contributed by atoms with Crippen molar-refractivity contribution in [3.05, 3.63) is 70.5 Å². The zero-order chi connectivity index (χ0) is 20.6. The van der Waals surface area contributed by atoms with Gasteiger partial charge in [0.05, 0.1) is 12.0 Å². The molecule has 2 aromatic carbocycles. The summed E-state index contributed by atoms with van der Waals surface area (Å²) in [6, 6.07) is 13.1. The quantitative estimate of drug-likeness (QED) is 0.218. The summed E-state index contributed by atoms with van der Waals surface area (Å²) in [6.45, 7) is 0.306. The molecule has 29 heavy (non-hydrogen) atoms. The molecule has 0 bridgehead atoms. The average molecular weight is 434 g/mol. The van der Waals surface area contributed by atoms with Gasteiger partial charge in [0.1, 0.15) is 5.82 Å². The monoisotopic (exact) mass is 433 g/mol. The summed E-state index contributed by atoms with van der Waals surface area (Å²) >= 11 is 7.04. The van der Waals surface area contributed by atoms with Crippen molar-refractivity contribution < 1.29 is 9.18 Å². The van der Waals surface area contributed by atoms with E-state index in [0.717, 1.165) is 22.9 Å². The Bertz CT molecular complexity index is 1010. The lowest BCUT2D eigenvalue weighted by molar-refractivity contribution is -0.118. The number of amides is 1. The normalized spacial score (nSPS) is 11.0. The molecule has 3 rings (SSSR count). The first-order chi connectivity index (χ1) is 14.0. The molecule has 1 amide bonds. The van der Waals surface area contributed by atoms with Crippen LogP contribution in [0, 0.1) is 5.82 Å². The zero-order valence-electron chi connectivity index (χ0n) is 15.0. The van der Waals surface area contributed by atoms with Crippen LogP contribution in [-0.2, 0) is 11.3 Å². The van der Waals surface area contributed by atoms with Crippen molar-refractivity contribution in [2.75, 3.05) is 17.0 Å². The van der Waals surface area contributed by atoms with Crippen LogP contribution in [0.2, 0.25) is 5.02 Å². The van der Waals surface area contributed by atoms with Crippen LogP contribution in [0.25, 0.3) is 0 Å². The van der Waals surface area contributed by atoms with Gasteiger partial charge in [-0.2, -0.15) is 5.10 Å². The van der Waals surface area contributed by atoms with Crippen LogP contribution >= 0.6 is 23.4 Å². The number of aromatic nitrogens is 3. The summed E-state index contributed by atoms with van der Waals surface area (Å²) in [5, 5.41) is 15.6. The van der Waals surface area contributed by atoms with E-state index < -0.39 is 0 Å². The Morgan fingerprint density at radius 3 is 2.83 bits per heavy atom. The minimum absolute atomic E-state index is 0.0995. The van der Waals surface area contributed by atoms with Gasteiger partial charge in [0.15, 0.2) is 0 Å². The highest BCUT2D eigenvalue weighted by molar-refractivity contribution is 7.99. The molecule has 0 aliphatic rings. The number of nitrogens with one attached hydrogen (secondary N) is 2. The molecule has 0 unspecified atom stereocenters. The standard InChI is InChI=1S/C18H17ClFN7OS/c19-14-3-1-2-13(8-14)10-23-24-17-25-26-18(27(17)21)29-11-16(28)22-9-12-4-6-15(20)7-5-12/h1-8,10H,9,11,21H2,(H,22,28)(H,24,25)/b23-10+. The first kappa shape index (κ1) is 20.6. The number of halogens is 2. The van der Waals surface area contributed by atoms with E-state index in [0.29, 0.717) is 16.7 Å². The Hall–Kier alpha value is -3.11. The summed E-state index contributed by atoms with van der Waals surface area (Å²) in [4.78, 5) is 12.0. The van der Waals surface area contributed by atoms with E-state index in [9.17, 15) is 9.18 Å². The molecule has 0 aliphatic carbocycles. The van der Waals surface area contributed by atoms with E-state index in [-0.39, 0.29) is 23.4 Å². The lowest BCUT2D eigenvalue weighted by Crippen LogP contribution is -2.25. The Kier molecular flexibility index (Phi) is 7.04. The van der Waals surface area contributed by atoms with E-state index in [2.05, 4.69) is 26.0 Å². The maximum Gasteiger partial charge on any atom is 0.264 e. The fourth-order valence-corrected chi connectivity index (χ4v) is 3.07. The smallest absolute Gasteiger partial charge is 0.264 e. The predicted molar refractivity (Wildman–Crippen MR) is 112 cm³/mol. The van der Waals surface area contributed by atoms with Gasteiger partial charge in [-0.25, -0.2) is 14.5 Å². The fraction of sp³-hybridized carbons (Fsp3) is 0.111. The minimum atomic E-state index is -0.320. The third-order valence-electron chi connectivity index (χ3n) is 3.63. The number of hydrazone groups is 1. The molecule has 3 aromatic rings. The van der Waals surface area contributed by atoms with E-state index in [4.69, 9.17) is 17.4 Å². The van der Waals surface area contributed by atoms with Crippen LogP contribution in [0.1, 0.15) is 11.1 Å². The summed E-state index contributed by atoms with van der Waals surface area (Å²) < 4.78 is 14.1. The van der Waals surface area contributed by atoms with Crippen molar-refractivity contribution in [3.8, 4) is 0 Å². The molecule has 4 N–H and O–H groups in total. The zero-order valence-corrected chi connectivity index (χ0v) is 16.6. The number of hydrogen-bond donors (Lipinski definition) is 3. The number of carbonyl (C=O) groups excluding carboxylic acids is 1. The lowest BCUT2D eigenvalue weighted by atomic mass is 10.2. The van der Waals surface area contributed by atoms with Crippen LogP contribution in [0.15, 0.2) is 58.8 Å². The number of anilines is 1. The SMILES string of the molecule is Nn1c(N/N=C/c2cccc(Cl)c2)nnc1SCC(=O)NCc1ccc(F)cc1. The average Bonchev–Trinajstić information content (AvgIpc) is 3.06. The number of rotatable bonds is 8. The van der Waals surface area contributed by atoms with Crippen molar-refractivity contribution in [3.63, 3.8) is 0 Å². The van der Waals surface area contributed by atoms with Crippen LogP contribution in [-0.4, -0.2) is 32.7 Å². The molecule has 0 saturated heterocycles. The van der Waals surface area contributed by atoms with Gasteiger partial charge in [-0.1, -0.05) is 47.6 Å². The molecular weight excluding hydrogens is 417 g/mol. The number of hydrogen-bond acceptors (Lipinski definition) is 7. The van der Waals surface area contributed by atoms with Crippen molar-refractivity contribution >= 4 is 41.4 Å². The minimum Gasteiger partial charge on any atom is -0.351 e. The first-order valence-electron chi connectivity index (χ1n) is 8.40. The molecule has 0 fully saturated rings. The number of nitrogen functional groups attached to an aromatic ring is 1. The molecule has 0 spiro atoms. The topological polar surface area (TPSA) is 110 Å². The Morgan fingerprint density at radius 2 is 2.07 bits per heavy atom. The maximum atomic E-state index is 12.9. The first-order valence-corrected chi connectivity index (χ1v) is 9.76. The molecule has 8 nitrogen and oxygen atoms in total. The highest BCUT2D eigenvalue weighted by Gasteiger charge is 2.11. The number of thioether (sulfide) groups is 1. The highest BCUT2D eigenvalue weighted by atomic mass is 35.5. The second-order valence-corrected chi connectivity index (χ2v) is 7.17. The highest BCUT2D eigenvalue weighted by Crippen LogP contribution is 2.16. The second-order valence-electron chi connectivity index (χ2n) is 5.79. The number of nitrogens with two attached hydrogens (primary N) is 1. The van der Waals surface area contributed by atoms with Crippen molar-refractivity contribution in [2.24, 2.45) is 5.10 Å². The summed E-state index contributed by atoms with van der Waals surface area (Å²) in [7, 11) is 0. The van der Waals surface area contributed by atoms with Crippen molar-refractivity contribution in [1.29, 1.82) is 0 Å². The van der Waals surface area contributed by atoms with Gasteiger partial charge < -0.3 is 11.2 Å². The second kappa shape index (κ2) is 9.89. The van der Waals surface area contributed by atoms with Crippen LogP contribution in [0.5, 0.6) is 0 Å². The largest absolute Gasteiger partial charge is 0.351 e. The van der Waals surface area contributed by atoms with Gasteiger partial charge in [-0.3, -0.25) is 4.79 Å². The molecule has 150 valence electrons. The van der Waals surface area contributed by atoms with Gasteiger partial charge in [0.25, 0.3) is 5.95 Å². The molecule has 0 atom stereocenters. The molecule has 11 heteroatoms. The molecule has 0 saturated carbocycles. The van der Waals surface area contributed by atoms with Crippen LogP contribution in [0.4, 0.5) is 10.3 Å². The molecule has 0 aliphatic heterocycles. The Balaban J connectivity index is 1.47. The third-order valence-corrected chi connectivity index (χ3v) is 4.80. The maximum absolute atomic E-state index is 12.9. The van der Waals surface area contributed by atoms with E-state index >= 15 is 0 Å². The fourth-order valence-electron chi connectivity index (χ4n) is 2.19. The van der Waals surface area contributed by atoms with Crippen LogP contribution in [0.3, 0.4) is 0 Å².